The molecule has 0 bridgehead atoms. The minimum Gasteiger partial charge on any atom is -0.368 e. The molecular formula is C17H22N4O. The van der Waals surface area contributed by atoms with Gasteiger partial charge >= 0.3 is 0 Å². The quantitative estimate of drug-likeness (QED) is 0.771. The Morgan fingerprint density at radius 1 is 1.18 bits per heavy atom. The molecule has 0 fully saturated rings. The van der Waals surface area contributed by atoms with E-state index < -0.39 is 0 Å². The molecule has 2 heterocycles. The van der Waals surface area contributed by atoms with Crippen molar-refractivity contribution in [1.82, 2.24) is 15.3 Å². The number of carbonyl (C=O) groups is 1. The molecule has 0 aliphatic carbocycles. The topological polar surface area (TPSA) is 66.9 Å². The fourth-order valence-electron chi connectivity index (χ4n) is 2.03. The molecular weight excluding hydrogens is 276 g/mol. The first-order valence-corrected chi connectivity index (χ1v) is 7.56. The third kappa shape index (κ3) is 5.16. The number of pyridine rings is 2. The number of hydrogen-bond acceptors (Lipinski definition) is 4. The molecule has 2 N–H and O–H groups in total. The summed E-state index contributed by atoms with van der Waals surface area (Å²) in [7, 11) is 0. The molecule has 2 rings (SSSR count). The molecule has 0 aromatic carbocycles. The van der Waals surface area contributed by atoms with Crippen molar-refractivity contribution in [3.8, 4) is 0 Å². The van der Waals surface area contributed by atoms with Crippen LogP contribution in [-0.2, 0) is 6.42 Å². The monoisotopic (exact) mass is 298 g/mol. The fraction of sp³-hybridized carbons (Fsp3) is 0.353. The normalized spacial score (nSPS) is 10.5. The number of amides is 1. The minimum absolute atomic E-state index is 0.0929. The van der Waals surface area contributed by atoms with Crippen molar-refractivity contribution in [3.05, 3.63) is 54.0 Å². The summed E-state index contributed by atoms with van der Waals surface area (Å²) < 4.78 is 0. The first-order valence-electron chi connectivity index (χ1n) is 7.56. The van der Waals surface area contributed by atoms with Gasteiger partial charge in [0.1, 0.15) is 5.82 Å². The van der Waals surface area contributed by atoms with Crippen LogP contribution in [0.2, 0.25) is 0 Å². The molecule has 0 atom stereocenters. The van der Waals surface area contributed by atoms with Crippen LogP contribution in [0.25, 0.3) is 0 Å². The lowest BCUT2D eigenvalue weighted by Gasteiger charge is -2.09. The van der Waals surface area contributed by atoms with Crippen molar-refractivity contribution in [2.75, 3.05) is 11.9 Å². The van der Waals surface area contributed by atoms with Gasteiger partial charge in [-0.1, -0.05) is 6.07 Å². The van der Waals surface area contributed by atoms with Crippen molar-refractivity contribution in [3.63, 3.8) is 0 Å². The van der Waals surface area contributed by atoms with Crippen molar-refractivity contribution in [1.29, 1.82) is 0 Å². The number of hydrogen-bond donors (Lipinski definition) is 2. The Hall–Kier alpha value is -2.43. The maximum absolute atomic E-state index is 12.0. The van der Waals surface area contributed by atoms with E-state index in [0.29, 0.717) is 18.2 Å². The van der Waals surface area contributed by atoms with Crippen molar-refractivity contribution in [2.45, 2.75) is 32.7 Å². The molecule has 2 aromatic heterocycles. The van der Waals surface area contributed by atoms with Crippen molar-refractivity contribution >= 4 is 11.7 Å². The molecule has 1 amide bonds. The fourth-order valence-corrected chi connectivity index (χ4v) is 2.03. The van der Waals surface area contributed by atoms with Crippen LogP contribution in [0, 0.1) is 0 Å². The lowest BCUT2D eigenvalue weighted by molar-refractivity contribution is 0.0953. The smallest absolute Gasteiger partial charge is 0.252 e. The molecule has 0 radical (unpaired) electrons. The van der Waals surface area contributed by atoms with Crippen LogP contribution >= 0.6 is 0 Å². The van der Waals surface area contributed by atoms with Crippen LogP contribution in [-0.4, -0.2) is 28.5 Å². The molecule has 0 saturated carbocycles. The van der Waals surface area contributed by atoms with E-state index in [1.165, 1.54) is 0 Å². The maximum atomic E-state index is 12.0. The molecule has 2 aromatic rings. The minimum atomic E-state index is -0.0929. The van der Waals surface area contributed by atoms with Crippen molar-refractivity contribution < 1.29 is 4.79 Å². The molecule has 22 heavy (non-hydrogen) atoms. The first-order chi connectivity index (χ1) is 10.6. The van der Waals surface area contributed by atoms with E-state index in [0.717, 1.165) is 24.4 Å². The van der Waals surface area contributed by atoms with Crippen LogP contribution in [0.5, 0.6) is 0 Å². The SMILES string of the molecule is CC(C)Nc1ccc(C(=O)NCCCc2ccccn2)cn1. The second-order valence-corrected chi connectivity index (χ2v) is 5.41. The van der Waals surface area contributed by atoms with Gasteiger partial charge in [-0.15, -0.1) is 0 Å². The second-order valence-electron chi connectivity index (χ2n) is 5.41. The second kappa shape index (κ2) is 8.12. The average Bonchev–Trinajstić information content (AvgIpc) is 2.52. The number of nitrogens with zero attached hydrogens (tertiary/aromatic N) is 2. The number of anilines is 1. The van der Waals surface area contributed by atoms with Crippen LogP contribution in [0.15, 0.2) is 42.7 Å². The summed E-state index contributed by atoms with van der Waals surface area (Å²) >= 11 is 0. The zero-order valence-electron chi connectivity index (χ0n) is 13.0. The van der Waals surface area contributed by atoms with Crippen molar-refractivity contribution in [2.24, 2.45) is 0 Å². The van der Waals surface area contributed by atoms with Gasteiger partial charge < -0.3 is 10.6 Å². The predicted molar refractivity (Wildman–Crippen MR) is 87.9 cm³/mol. The molecule has 116 valence electrons. The van der Waals surface area contributed by atoms with Gasteiger partial charge in [0.25, 0.3) is 5.91 Å². The highest BCUT2D eigenvalue weighted by Crippen LogP contribution is 2.06. The first kappa shape index (κ1) is 15.9. The van der Waals surface area contributed by atoms with Crippen LogP contribution in [0.3, 0.4) is 0 Å². The molecule has 0 aliphatic rings. The predicted octanol–water partition coefficient (Wildman–Crippen LogP) is 2.66. The van der Waals surface area contributed by atoms with E-state index in [4.69, 9.17) is 0 Å². The Bertz CT molecular complexity index is 581. The van der Waals surface area contributed by atoms with E-state index in [-0.39, 0.29) is 5.91 Å². The third-order valence-corrected chi connectivity index (χ3v) is 3.08. The molecule has 5 heteroatoms. The standard InChI is InChI=1S/C17H22N4O/c1-13(2)21-16-9-8-14(12-20-16)17(22)19-11-5-7-15-6-3-4-10-18-15/h3-4,6,8-10,12-13H,5,7,11H2,1-2H3,(H,19,22)(H,20,21). The van der Waals surface area contributed by atoms with Crippen LogP contribution < -0.4 is 10.6 Å². The summed E-state index contributed by atoms with van der Waals surface area (Å²) in [6, 6.07) is 9.79. The Morgan fingerprint density at radius 2 is 2.05 bits per heavy atom. The lowest BCUT2D eigenvalue weighted by atomic mass is 10.2. The lowest BCUT2D eigenvalue weighted by Crippen LogP contribution is -2.25. The summed E-state index contributed by atoms with van der Waals surface area (Å²) in [6.45, 7) is 4.72. The van der Waals surface area contributed by atoms with E-state index in [2.05, 4.69) is 20.6 Å². The highest BCUT2D eigenvalue weighted by atomic mass is 16.1. The van der Waals surface area contributed by atoms with Gasteiger partial charge in [0.15, 0.2) is 0 Å². The van der Waals surface area contributed by atoms with Gasteiger partial charge in [-0.3, -0.25) is 9.78 Å². The van der Waals surface area contributed by atoms with Gasteiger partial charge in [-0.05, 0) is 51.0 Å². The molecule has 0 saturated heterocycles. The number of aryl methyl sites for hydroxylation is 1. The van der Waals surface area contributed by atoms with Gasteiger partial charge in [0.2, 0.25) is 0 Å². The Kier molecular flexibility index (Phi) is 5.89. The van der Waals surface area contributed by atoms with Gasteiger partial charge in [0, 0.05) is 30.7 Å². The van der Waals surface area contributed by atoms with Crippen LogP contribution in [0.4, 0.5) is 5.82 Å². The summed E-state index contributed by atoms with van der Waals surface area (Å²) in [5.74, 6) is 0.686. The molecule has 5 nitrogen and oxygen atoms in total. The Labute approximate surface area is 131 Å². The molecule has 0 aliphatic heterocycles. The van der Waals surface area contributed by atoms with E-state index in [9.17, 15) is 4.79 Å². The molecule has 0 unspecified atom stereocenters. The zero-order chi connectivity index (χ0) is 15.8. The van der Waals surface area contributed by atoms with Gasteiger partial charge in [0.05, 0.1) is 5.56 Å². The zero-order valence-corrected chi connectivity index (χ0v) is 13.0. The van der Waals surface area contributed by atoms with E-state index >= 15 is 0 Å². The van der Waals surface area contributed by atoms with Gasteiger partial charge in [-0.2, -0.15) is 0 Å². The Morgan fingerprint density at radius 3 is 2.68 bits per heavy atom. The van der Waals surface area contributed by atoms with E-state index in [1.54, 1.807) is 18.5 Å². The number of aromatic nitrogens is 2. The number of carbonyl (C=O) groups excluding carboxylic acids is 1. The maximum Gasteiger partial charge on any atom is 0.252 e. The number of nitrogens with one attached hydrogen (secondary N) is 2. The Balaban J connectivity index is 1.75. The largest absolute Gasteiger partial charge is 0.368 e. The highest BCUT2D eigenvalue weighted by Gasteiger charge is 2.06. The summed E-state index contributed by atoms with van der Waals surface area (Å²) in [6.07, 6.45) is 5.10. The average molecular weight is 298 g/mol. The summed E-state index contributed by atoms with van der Waals surface area (Å²) in [5.41, 5.74) is 1.62. The molecule has 0 spiro atoms. The van der Waals surface area contributed by atoms with Crippen LogP contribution in [0.1, 0.15) is 36.3 Å². The highest BCUT2D eigenvalue weighted by molar-refractivity contribution is 5.94. The van der Waals surface area contributed by atoms with Gasteiger partial charge in [-0.25, -0.2) is 4.98 Å². The summed E-state index contributed by atoms with van der Waals surface area (Å²) in [5, 5.41) is 6.09. The summed E-state index contributed by atoms with van der Waals surface area (Å²) in [4.78, 5) is 20.5. The van der Waals surface area contributed by atoms with E-state index in [1.807, 2.05) is 38.1 Å². The third-order valence-electron chi connectivity index (χ3n) is 3.08. The number of rotatable bonds is 7.